The number of anilines is 1. The summed E-state index contributed by atoms with van der Waals surface area (Å²) >= 11 is 3.30. The third kappa shape index (κ3) is 2.02. The molecule has 2 heterocycles. The van der Waals surface area contributed by atoms with Crippen molar-refractivity contribution in [2.24, 2.45) is 11.1 Å². The van der Waals surface area contributed by atoms with Crippen molar-refractivity contribution in [1.82, 2.24) is 9.97 Å². The number of nitrogens with two attached hydrogens (primary N) is 1. The summed E-state index contributed by atoms with van der Waals surface area (Å²) in [5, 5.41) is 0. The van der Waals surface area contributed by atoms with E-state index in [2.05, 4.69) is 30.8 Å². The normalized spacial score (nSPS) is 24.8. The average molecular weight is 285 g/mol. The molecule has 0 aromatic carbocycles. The fourth-order valence-electron chi connectivity index (χ4n) is 1.85. The van der Waals surface area contributed by atoms with Crippen LogP contribution in [0.1, 0.15) is 13.3 Å². The lowest BCUT2D eigenvalue weighted by Crippen LogP contribution is -2.37. The number of amides is 1. The van der Waals surface area contributed by atoms with Gasteiger partial charge in [-0.1, -0.05) is 0 Å². The van der Waals surface area contributed by atoms with Gasteiger partial charge >= 0.3 is 0 Å². The van der Waals surface area contributed by atoms with Crippen LogP contribution in [0.4, 0.5) is 5.82 Å². The first-order valence-corrected chi connectivity index (χ1v) is 5.83. The van der Waals surface area contributed by atoms with Crippen LogP contribution < -0.4 is 10.6 Å². The van der Waals surface area contributed by atoms with Gasteiger partial charge in [0, 0.05) is 19.2 Å². The quantitative estimate of drug-likeness (QED) is 0.821. The summed E-state index contributed by atoms with van der Waals surface area (Å²) in [6.07, 6.45) is 2.27. The first-order chi connectivity index (χ1) is 7.51. The summed E-state index contributed by atoms with van der Waals surface area (Å²) < 4.78 is 0.741. The molecular formula is C10H13BrN4O. The second-order valence-electron chi connectivity index (χ2n) is 4.30. The van der Waals surface area contributed by atoms with Crippen molar-refractivity contribution in [2.75, 3.05) is 18.0 Å². The number of nitrogens with zero attached hydrogens (tertiary/aromatic N) is 3. The molecule has 1 amide bonds. The third-order valence-electron chi connectivity index (χ3n) is 3.01. The number of carbonyl (C=O) groups is 1. The molecule has 1 fully saturated rings. The molecule has 1 unspecified atom stereocenters. The molecular weight excluding hydrogens is 272 g/mol. The van der Waals surface area contributed by atoms with E-state index in [9.17, 15) is 4.79 Å². The molecule has 2 rings (SSSR count). The van der Waals surface area contributed by atoms with Crippen molar-refractivity contribution >= 4 is 27.7 Å². The predicted molar refractivity (Wildman–Crippen MR) is 63.9 cm³/mol. The molecule has 1 aliphatic heterocycles. The summed E-state index contributed by atoms with van der Waals surface area (Å²) in [5.41, 5.74) is 4.95. The van der Waals surface area contributed by atoms with E-state index in [1.807, 2.05) is 13.0 Å². The predicted octanol–water partition coefficient (Wildman–Crippen LogP) is 0.941. The maximum absolute atomic E-state index is 11.3. The first kappa shape index (κ1) is 11.3. The van der Waals surface area contributed by atoms with Crippen molar-refractivity contribution < 1.29 is 4.79 Å². The van der Waals surface area contributed by atoms with E-state index in [0.717, 1.165) is 23.4 Å². The molecule has 1 aliphatic rings. The zero-order chi connectivity index (χ0) is 11.8. The number of rotatable bonds is 2. The number of hydrogen-bond acceptors (Lipinski definition) is 4. The molecule has 0 aliphatic carbocycles. The second kappa shape index (κ2) is 4.01. The molecule has 0 bridgehead atoms. The van der Waals surface area contributed by atoms with Crippen molar-refractivity contribution in [3.63, 3.8) is 0 Å². The van der Waals surface area contributed by atoms with E-state index >= 15 is 0 Å². The number of carbonyl (C=O) groups excluding carboxylic acids is 1. The van der Waals surface area contributed by atoms with E-state index < -0.39 is 5.41 Å². The number of aromatic nitrogens is 2. The Labute approximate surface area is 102 Å². The lowest BCUT2D eigenvalue weighted by molar-refractivity contribution is -0.125. The summed E-state index contributed by atoms with van der Waals surface area (Å²) in [6, 6.07) is 1.84. The third-order valence-corrected chi connectivity index (χ3v) is 3.45. The molecule has 0 radical (unpaired) electrons. The van der Waals surface area contributed by atoms with Gasteiger partial charge in [0.2, 0.25) is 5.91 Å². The minimum Gasteiger partial charge on any atom is -0.369 e. The zero-order valence-electron chi connectivity index (χ0n) is 8.98. The van der Waals surface area contributed by atoms with Crippen LogP contribution >= 0.6 is 15.9 Å². The second-order valence-corrected chi connectivity index (χ2v) is 5.11. The molecule has 0 saturated carbocycles. The summed E-state index contributed by atoms with van der Waals surface area (Å²) in [4.78, 5) is 21.5. The van der Waals surface area contributed by atoms with Gasteiger partial charge in [-0.15, -0.1) is 0 Å². The Morgan fingerprint density at radius 2 is 2.38 bits per heavy atom. The highest BCUT2D eigenvalue weighted by Crippen LogP contribution is 2.32. The SMILES string of the molecule is CC1(C(N)=O)CCN(c2cc(Br)ncn2)C1. The minimum absolute atomic E-state index is 0.247. The highest BCUT2D eigenvalue weighted by molar-refractivity contribution is 9.10. The minimum atomic E-state index is -0.447. The zero-order valence-corrected chi connectivity index (χ0v) is 10.6. The van der Waals surface area contributed by atoms with Crippen molar-refractivity contribution in [3.05, 3.63) is 17.0 Å². The van der Waals surface area contributed by atoms with Gasteiger partial charge in [-0.3, -0.25) is 4.79 Å². The van der Waals surface area contributed by atoms with Gasteiger partial charge in [0.25, 0.3) is 0 Å². The fourth-order valence-corrected chi connectivity index (χ4v) is 2.15. The molecule has 5 nitrogen and oxygen atoms in total. The van der Waals surface area contributed by atoms with Crippen LogP contribution in [0.25, 0.3) is 0 Å². The van der Waals surface area contributed by atoms with Crippen LogP contribution in [-0.2, 0) is 4.79 Å². The van der Waals surface area contributed by atoms with E-state index in [1.165, 1.54) is 6.33 Å². The van der Waals surface area contributed by atoms with Crippen LogP contribution in [-0.4, -0.2) is 29.0 Å². The van der Waals surface area contributed by atoms with Crippen LogP contribution in [0.15, 0.2) is 17.0 Å². The van der Waals surface area contributed by atoms with Crippen LogP contribution in [0.3, 0.4) is 0 Å². The number of hydrogen-bond donors (Lipinski definition) is 1. The average Bonchev–Trinajstić information content (AvgIpc) is 2.62. The number of halogens is 1. The molecule has 1 aromatic heterocycles. The van der Waals surface area contributed by atoms with Crippen molar-refractivity contribution in [3.8, 4) is 0 Å². The lowest BCUT2D eigenvalue weighted by Gasteiger charge is -2.21. The monoisotopic (exact) mass is 284 g/mol. The molecule has 86 valence electrons. The topological polar surface area (TPSA) is 72.1 Å². The van der Waals surface area contributed by atoms with E-state index in [1.54, 1.807) is 0 Å². The fraction of sp³-hybridized carbons (Fsp3) is 0.500. The van der Waals surface area contributed by atoms with Gasteiger partial charge in [0.1, 0.15) is 16.7 Å². The van der Waals surface area contributed by atoms with Gasteiger partial charge in [-0.05, 0) is 29.3 Å². The van der Waals surface area contributed by atoms with E-state index in [-0.39, 0.29) is 5.91 Å². The van der Waals surface area contributed by atoms with Gasteiger partial charge < -0.3 is 10.6 Å². The number of primary amides is 1. The van der Waals surface area contributed by atoms with Gasteiger partial charge in [-0.2, -0.15) is 0 Å². The Morgan fingerprint density at radius 3 is 2.94 bits per heavy atom. The Kier molecular flexibility index (Phi) is 2.84. The van der Waals surface area contributed by atoms with Crippen molar-refractivity contribution in [2.45, 2.75) is 13.3 Å². The Hall–Kier alpha value is -1.17. The smallest absolute Gasteiger partial charge is 0.225 e. The Morgan fingerprint density at radius 1 is 1.62 bits per heavy atom. The molecule has 2 N–H and O–H groups in total. The maximum atomic E-state index is 11.3. The molecule has 1 aromatic rings. The standard InChI is InChI=1S/C10H13BrN4O/c1-10(9(12)16)2-3-15(5-10)8-4-7(11)13-6-14-8/h4,6H,2-3,5H2,1H3,(H2,12,16). The van der Waals surface area contributed by atoms with Crippen LogP contribution in [0.5, 0.6) is 0 Å². The molecule has 1 saturated heterocycles. The van der Waals surface area contributed by atoms with Gasteiger partial charge in [0.05, 0.1) is 5.41 Å². The molecule has 6 heteroatoms. The van der Waals surface area contributed by atoms with E-state index in [4.69, 9.17) is 5.73 Å². The van der Waals surface area contributed by atoms with Crippen LogP contribution in [0, 0.1) is 5.41 Å². The molecule has 0 spiro atoms. The Bertz CT molecular complexity index is 425. The highest BCUT2D eigenvalue weighted by Gasteiger charge is 2.39. The largest absolute Gasteiger partial charge is 0.369 e. The first-order valence-electron chi connectivity index (χ1n) is 5.04. The van der Waals surface area contributed by atoms with Gasteiger partial charge in [-0.25, -0.2) is 9.97 Å². The van der Waals surface area contributed by atoms with Crippen molar-refractivity contribution in [1.29, 1.82) is 0 Å². The highest BCUT2D eigenvalue weighted by atomic mass is 79.9. The maximum Gasteiger partial charge on any atom is 0.225 e. The summed E-state index contributed by atoms with van der Waals surface area (Å²) in [5.74, 6) is 0.579. The molecule has 1 atom stereocenters. The van der Waals surface area contributed by atoms with Gasteiger partial charge in [0.15, 0.2) is 0 Å². The van der Waals surface area contributed by atoms with Crippen LogP contribution in [0.2, 0.25) is 0 Å². The summed E-state index contributed by atoms with van der Waals surface area (Å²) in [6.45, 7) is 3.31. The summed E-state index contributed by atoms with van der Waals surface area (Å²) in [7, 11) is 0. The Balaban J connectivity index is 2.18. The lowest BCUT2D eigenvalue weighted by atomic mass is 9.89. The molecule has 16 heavy (non-hydrogen) atoms. The van der Waals surface area contributed by atoms with E-state index in [0.29, 0.717) is 6.54 Å².